The second kappa shape index (κ2) is 9.77. The summed E-state index contributed by atoms with van der Waals surface area (Å²) >= 11 is 0. The molecular formula is C27H22N6O3. The Morgan fingerprint density at radius 1 is 0.889 bits per heavy atom. The molecule has 0 spiro atoms. The predicted octanol–water partition coefficient (Wildman–Crippen LogP) is 3.86. The second-order valence-electron chi connectivity index (χ2n) is 8.16. The van der Waals surface area contributed by atoms with Crippen molar-refractivity contribution in [2.75, 3.05) is 0 Å². The lowest BCUT2D eigenvalue weighted by atomic mass is 9.99. The zero-order valence-electron chi connectivity index (χ0n) is 19.4. The largest absolute Gasteiger partial charge is 0.359 e. The van der Waals surface area contributed by atoms with Crippen molar-refractivity contribution in [2.24, 2.45) is 5.84 Å². The average Bonchev–Trinajstić information content (AvgIpc) is 3.40. The van der Waals surface area contributed by atoms with Crippen molar-refractivity contribution >= 4 is 22.7 Å². The summed E-state index contributed by atoms with van der Waals surface area (Å²) in [6.45, 7) is 1.75. The van der Waals surface area contributed by atoms with Crippen LogP contribution in [0, 0.1) is 0 Å². The summed E-state index contributed by atoms with van der Waals surface area (Å²) in [5, 5.41) is 7.41. The van der Waals surface area contributed by atoms with Gasteiger partial charge in [-0.15, -0.1) is 0 Å². The van der Waals surface area contributed by atoms with Crippen LogP contribution in [0.15, 0.2) is 83.6 Å². The number of rotatable bonds is 6. The van der Waals surface area contributed by atoms with Gasteiger partial charge >= 0.3 is 0 Å². The number of carbonyl (C=O) groups is 2. The Hall–Kier alpha value is -4.89. The third-order valence-corrected chi connectivity index (χ3v) is 5.75. The van der Waals surface area contributed by atoms with Gasteiger partial charge in [-0.1, -0.05) is 53.7 Å². The second-order valence-corrected chi connectivity index (χ2v) is 8.16. The summed E-state index contributed by atoms with van der Waals surface area (Å²) in [6.07, 6.45) is 3.24. The molecule has 0 atom stereocenters. The van der Waals surface area contributed by atoms with Crippen LogP contribution in [0.5, 0.6) is 0 Å². The van der Waals surface area contributed by atoms with Crippen molar-refractivity contribution in [3.05, 3.63) is 90.4 Å². The summed E-state index contributed by atoms with van der Waals surface area (Å²) in [4.78, 5) is 32.2. The number of nitrogen functional groups attached to an aromatic ring is 1. The van der Waals surface area contributed by atoms with Crippen molar-refractivity contribution in [1.29, 1.82) is 0 Å². The van der Waals surface area contributed by atoms with E-state index in [-0.39, 0.29) is 5.91 Å². The molecule has 178 valence electrons. The van der Waals surface area contributed by atoms with Crippen LogP contribution in [-0.4, -0.2) is 26.9 Å². The molecule has 2 amide bonds. The molecule has 0 aliphatic heterocycles. The number of fused-ring (bicyclic) bond motifs is 1. The number of hydrogen-bond donors (Lipinski definition) is 3. The van der Waals surface area contributed by atoms with Gasteiger partial charge in [-0.05, 0) is 23.3 Å². The van der Waals surface area contributed by atoms with Gasteiger partial charge in [0.25, 0.3) is 5.91 Å². The molecule has 2 aromatic carbocycles. The van der Waals surface area contributed by atoms with Gasteiger partial charge in [0.15, 0.2) is 5.76 Å². The van der Waals surface area contributed by atoms with Crippen LogP contribution in [0.3, 0.4) is 0 Å². The fourth-order valence-corrected chi connectivity index (χ4v) is 3.89. The van der Waals surface area contributed by atoms with E-state index in [1.807, 2.05) is 54.6 Å². The van der Waals surface area contributed by atoms with Gasteiger partial charge in [0.05, 0.1) is 23.3 Å². The van der Waals surface area contributed by atoms with Crippen LogP contribution in [0.25, 0.3) is 44.5 Å². The molecule has 0 bridgehead atoms. The summed E-state index contributed by atoms with van der Waals surface area (Å²) in [7, 11) is 0. The lowest BCUT2D eigenvalue weighted by Crippen LogP contribution is -2.30. The predicted molar refractivity (Wildman–Crippen MR) is 135 cm³/mol. The SMILES string of the molecule is CC(=O)NCc1cc(-c2ccc(-c3ccc(-c4cc(C(=O)NN)c5cnccc5n4)cc3)cc2)no1. The van der Waals surface area contributed by atoms with Gasteiger partial charge in [-0.25, -0.2) is 10.8 Å². The van der Waals surface area contributed by atoms with E-state index in [1.54, 1.807) is 24.5 Å². The number of hydrogen-bond acceptors (Lipinski definition) is 7. The first-order valence-corrected chi connectivity index (χ1v) is 11.2. The number of pyridine rings is 2. The molecule has 5 aromatic rings. The molecule has 36 heavy (non-hydrogen) atoms. The van der Waals surface area contributed by atoms with E-state index < -0.39 is 5.91 Å². The average molecular weight is 479 g/mol. The molecule has 0 aliphatic rings. The number of nitrogens with zero attached hydrogens (tertiary/aromatic N) is 3. The van der Waals surface area contributed by atoms with Crippen molar-refractivity contribution in [2.45, 2.75) is 13.5 Å². The third kappa shape index (κ3) is 4.68. The fraction of sp³-hybridized carbons (Fsp3) is 0.0741. The summed E-state index contributed by atoms with van der Waals surface area (Å²) in [5.41, 5.74) is 8.47. The van der Waals surface area contributed by atoms with Crippen LogP contribution < -0.4 is 16.6 Å². The Balaban J connectivity index is 1.38. The lowest BCUT2D eigenvalue weighted by Gasteiger charge is -2.09. The smallest absolute Gasteiger partial charge is 0.265 e. The molecule has 0 saturated heterocycles. The number of carbonyl (C=O) groups excluding carboxylic acids is 2. The maximum absolute atomic E-state index is 12.3. The molecule has 3 aromatic heterocycles. The highest BCUT2D eigenvalue weighted by atomic mass is 16.5. The Morgan fingerprint density at radius 2 is 1.53 bits per heavy atom. The van der Waals surface area contributed by atoms with E-state index in [0.717, 1.165) is 22.3 Å². The van der Waals surface area contributed by atoms with Gasteiger partial charge in [0.1, 0.15) is 5.69 Å². The number of aromatic nitrogens is 3. The van der Waals surface area contributed by atoms with Crippen LogP contribution >= 0.6 is 0 Å². The molecular weight excluding hydrogens is 456 g/mol. The number of benzene rings is 2. The zero-order valence-corrected chi connectivity index (χ0v) is 19.4. The number of nitrogens with one attached hydrogen (secondary N) is 2. The summed E-state index contributed by atoms with van der Waals surface area (Å²) in [5.74, 6) is 5.44. The number of amides is 2. The van der Waals surface area contributed by atoms with E-state index in [1.165, 1.54) is 6.92 Å². The minimum Gasteiger partial charge on any atom is -0.359 e. The molecule has 0 saturated carbocycles. The zero-order chi connectivity index (χ0) is 25.1. The molecule has 9 heteroatoms. The van der Waals surface area contributed by atoms with Gasteiger partial charge in [-0.3, -0.25) is 20.0 Å². The normalized spacial score (nSPS) is 10.8. The molecule has 0 aliphatic carbocycles. The Labute approximate surface area is 206 Å². The maximum Gasteiger partial charge on any atom is 0.265 e. The standard InChI is InChI=1S/C27H22N6O3/c1-16(34)30-14-21-12-26(33-36-21)20-8-4-18(5-9-20)17-2-6-19(7-3-17)25-13-22(27(35)32-28)23-15-29-11-10-24(23)31-25/h2-13,15H,14,28H2,1H3,(H,30,34)(H,32,35). The molecule has 0 fully saturated rings. The Kier molecular flexibility index (Phi) is 6.21. The minimum atomic E-state index is -0.400. The quantitative estimate of drug-likeness (QED) is 0.191. The maximum atomic E-state index is 12.3. The highest BCUT2D eigenvalue weighted by Crippen LogP contribution is 2.29. The van der Waals surface area contributed by atoms with Crippen LogP contribution in [-0.2, 0) is 11.3 Å². The summed E-state index contributed by atoms with van der Waals surface area (Å²) < 4.78 is 5.29. The van der Waals surface area contributed by atoms with Gasteiger partial charge < -0.3 is 9.84 Å². The third-order valence-electron chi connectivity index (χ3n) is 5.75. The van der Waals surface area contributed by atoms with Crippen molar-refractivity contribution in [1.82, 2.24) is 25.9 Å². The van der Waals surface area contributed by atoms with Crippen molar-refractivity contribution < 1.29 is 14.1 Å². The monoisotopic (exact) mass is 478 g/mol. The first kappa shape index (κ1) is 22.9. The number of nitrogens with two attached hydrogens (primary N) is 1. The molecule has 3 heterocycles. The highest BCUT2D eigenvalue weighted by molar-refractivity contribution is 6.06. The topological polar surface area (TPSA) is 136 Å². The lowest BCUT2D eigenvalue weighted by molar-refractivity contribution is -0.119. The summed E-state index contributed by atoms with van der Waals surface area (Å²) in [6, 6.07) is 21.2. The minimum absolute atomic E-state index is 0.126. The van der Waals surface area contributed by atoms with Crippen LogP contribution in [0.4, 0.5) is 0 Å². The number of hydrazine groups is 1. The molecule has 9 nitrogen and oxygen atoms in total. The Bertz CT molecular complexity index is 1560. The van der Waals surface area contributed by atoms with Gasteiger partial charge in [-0.2, -0.15) is 0 Å². The van der Waals surface area contributed by atoms with E-state index >= 15 is 0 Å². The van der Waals surface area contributed by atoms with E-state index in [0.29, 0.717) is 40.2 Å². The Morgan fingerprint density at radius 3 is 2.17 bits per heavy atom. The highest BCUT2D eigenvalue weighted by Gasteiger charge is 2.14. The molecule has 4 N–H and O–H groups in total. The van der Waals surface area contributed by atoms with E-state index in [4.69, 9.17) is 15.3 Å². The fourth-order valence-electron chi connectivity index (χ4n) is 3.89. The molecule has 0 radical (unpaired) electrons. The van der Waals surface area contributed by atoms with E-state index in [9.17, 15) is 9.59 Å². The molecule has 5 rings (SSSR count). The first-order chi connectivity index (χ1) is 17.5. The first-order valence-electron chi connectivity index (χ1n) is 11.2. The van der Waals surface area contributed by atoms with Crippen molar-refractivity contribution in [3.63, 3.8) is 0 Å². The van der Waals surface area contributed by atoms with Gasteiger partial charge in [0, 0.05) is 41.9 Å². The van der Waals surface area contributed by atoms with Gasteiger partial charge in [0.2, 0.25) is 5.91 Å². The van der Waals surface area contributed by atoms with Crippen LogP contribution in [0.1, 0.15) is 23.0 Å². The van der Waals surface area contributed by atoms with E-state index in [2.05, 4.69) is 20.9 Å². The van der Waals surface area contributed by atoms with Crippen molar-refractivity contribution in [3.8, 4) is 33.6 Å². The van der Waals surface area contributed by atoms with Crippen LogP contribution in [0.2, 0.25) is 0 Å². The molecule has 0 unspecified atom stereocenters.